The third-order valence-corrected chi connectivity index (χ3v) is 8.19. The zero-order chi connectivity index (χ0) is 16.7. The molecule has 0 radical (unpaired) electrons. The minimum Gasteiger partial charge on any atom is -0.361 e. The predicted molar refractivity (Wildman–Crippen MR) is 98.1 cm³/mol. The van der Waals surface area contributed by atoms with Crippen molar-refractivity contribution in [3.05, 3.63) is 53.0 Å². The maximum atomic E-state index is 12.7. The van der Waals surface area contributed by atoms with Crippen LogP contribution in [0.3, 0.4) is 0 Å². The predicted octanol–water partition coefficient (Wildman–Crippen LogP) is 4.11. The fraction of sp³-hybridized carbons (Fsp3) is 0.333. The number of hydrogen-bond acceptors (Lipinski definition) is 3. The van der Waals surface area contributed by atoms with Crippen molar-refractivity contribution in [2.24, 2.45) is 0 Å². The van der Waals surface area contributed by atoms with Crippen molar-refractivity contribution >= 4 is 32.3 Å². The normalized spacial score (nSPS) is 17.5. The molecule has 126 valence electrons. The molecule has 1 N–H and O–H groups in total. The fourth-order valence-electron chi connectivity index (χ4n) is 3.52. The number of H-pyrrole nitrogens is 1. The number of nitrogens with zero attached hydrogens (tertiary/aromatic N) is 1. The molecule has 3 heterocycles. The summed E-state index contributed by atoms with van der Waals surface area (Å²) < 4.78 is 27.6. The third kappa shape index (κ3) is 2.68. The lowest BCUT2D eigenvalue weighted by Crippen LogP contribution is -2.37. The number of piperidine rings is 1. The van der Waals surface area contributed by atoms with Crippen molar-refractivity contribution in [3.8, 4) is 0 Å². The molecule has 4 nitrogen and oxygen atoms in total. The van der Waals surface area contributed by atoms with E-state index in [2.05, 4.69) is 29.4 Å². The van der Waals surface area contributed by atoms with Crippen molar-refractivity contribution in [1.82, 2.24) is 9.29 Å². The highest BCUT2D eigenvalue weighted by Crippen LogP contribution is 2.35. The Balaban J connectivity index is 1.53. The van der Waals surface area contributed by atoms with Gasteiger partial charge in [0.2, 0.25) is 0 Å². The molecule has 0 bridgehead atoms. The molecule has 0 amide bonds. The monoisotopic (exact) mass is 360 g/mol. The van der Waals surface area contributed by atoms with E-state index in [9.17, 15) is 8.42 Å². The van der Waals surface area contributed by atoms with E-state index < -0.39 is 10.0 Å². The molecule has 0 unspecified atom stereocenters. The Kier molecular flexibility index (Phi) is 3.98. The van der Waals surface area contributed by atoms with Gasteiger partial charge in [0.15, 0.2) is 0 Å². The minimum absolute atomic E-state index is 0.415. The molecule has 1 saturated heterocycles. The van der Waals surface area contributed by atoms with Crippen LogP contribution in [0.25, 0.3) is 10.9 Å². The first kappa shape index (κ1) is 15.9. The topological polar surface area (TPSA) is 53.2 Å². The van der Waals surface area contributed by atoms with E-state index in [1.54, 1.807) is 10.4 Å². The van der Waals surface area contributed by atoms with E-state index in [0.717, 1.165) is 23.2 Å². The summed E-state index contributed by atoms with van der Waals surface area (Å²) in [5, 5.41) is 1.26. The highest BCUT2D eigenvalue weighted by atomic mass is 32.2. The fourth-order valence-corrected chi connectivity index (χ4v) is 6.42. The Morgan fingerprint density at radius 3 is 2.58 bits per heavy atom. The van der Waals surface area contributed by atoms with Crippen molar-refractivity contribution < 1.29 is 8.42 Å². The molecular formula is C18H20N2O2S2. The lowest BCUT2D eigenvalue weighted by molar-refractivity contribution is 0.321. The number of aryl methyl sites for hydroxylation is 1. The Hall–Kier alpha value is -1.63. The lowest BCUT2D eigenvalue weighted by atomic mass is 9.90. The average molecular weight is 361 g/mol. The van der Waals surface area contributed by atoms with Gasteiger partial charge in [-0.2, -0.15) is 4.31 Å². The second-order valence-electron chi connectivity index (χ2n) is 6.33. The Labute approximate surface area is 146 Å². The zero-order valence-corrected chi connectivity index (χ0v) is 15.2. The smallest absolute Gasteiger partial charge is 0.252 e. The highest BCUT2D eigenvalue weighted by molar-refractivity contribution is 7.91. The largest absolute Gasteiger partial charge is 0.361 e. The summed E-state index contributed by atoms with van der Waals surface area (Å²) in [6.45, 7) is 3.11. The van der Waals surface area contributed by atoms with Crippen LogP contribution in [-0.4, -0.2) is 30.8 Å². The van der Waals surface area contributed by atoms with Crippen LogP contribution in [0.15, 0.2) is 46.8 Å². The van der Waals surface area contributed by atoms with Crippen LogP contribution in [0.5, 0.6) is 0 Å². The number of para-hydroxylation sites is 1. The van der Waals surface area contributed by atoms with E-state index in [0.29, 0.717) is 23.2 Å². The summed E-state index contributed by atoms with van der Waals surface area (Å²) in [6.07, 6.45) is 3.82. The van der Waals surface area contributed by atoms with Gasteiger partial charge >= 0.3 is 0 Å². The summed E-state index contributed by atoms with van der Waals surface area (Å²) in [5.41, 5.74) is 2.46. The van der Waals surface area contributed by atoms with Gasteiger partial charge in [0.25, 0.3) is 10.0 Å². The van der Waals surface area contributed by atoms with Crippen molar-refractivity contribution in [3.63, 3.8) is 0 Å². The van der Waals surface area contributed by atoms with E-state index >= 15 is 0 Å². The summed E-state index contributed by atoms with van der Waals surface area (Å²) in [4.78, 5) is 4.36. The number of nitrogens with one attached hydrogen (secondary N) is 1. The molecule has 1 aliphatic heterocycles. The molecule has 6 heteroatoms. The van der Waals surface area contributed by atoms with Crippen LogP contribution in [0, 0.1) is 6.92 Å². The maximum Gasteiger partial charge on any atom is 0.252 e. The molecule has 24 heavy (non-hydrogen) atoms. The van der Waals surface area contributed by atoms with Gasteiger partial charge < -0.3 is 4.98 Å². The van der Waals surface area contributed by atoms with Gasteiger partial charge in [-0.05, 0) is 49.4 Å². The summed E-state index contributed by atoms with van der Waals surface area (Å²) in [5.74, 6) is 0.415. The number of benzene rings is 1. The van der Waals surface area contributed by atoms with Gasteiger partial charge in [-0.15, -0.1) is 11.3 Å². The molecule has 0 spiro atoms. The van der Waals surface area contributed by atoms with E-state index in [1.807, 2.05) is 19.1 Å². The molecule has 1 fully saturated rings. The number of fused-ring (bicyclic) bond motifs is 1. The molecular weight excluding hydrogens is 340 g/mol. The summed E-state index contributed by atoms with van der Waals surface area (Å²) in [6, 6.07) is 11.9. The van der Waals surface area contributed by atoms with Crippen molar-refractivity contribution in [2.75, 3.05) is 13.1 Å². The van der Waals surface area contributed by atoms with Gasteiger partial charge in [0.1, 0.15) is 4.21 Å². The number of hydrogen-bond donors (Lipinski definition) is 1. The molecule has 0 atom stereocenters. The molecule has 1 aliphatic rings. The molecule has 4 rings (SSSR count). The lowest BCUT2D eigenvalue weighted by Gasteiger charge is -2.30. The van der Waals surface area contributed by atoms with Crippen molar-refractivity contribution in [2.45, 2.75) is 29.9 Å². The Morgan fingerprint density at radius 2 is 1.88 bits per heavy atom. The third-order valence-electron chi connectivity index (χ3n) is 4.82. The van der Waals surface area contributed by atoms with E-state index in [1.165, 1.54) is 22.3 Å². The molecule has 2 aromatic heterocycles. The summed E-state index contributed by atoms with van der Waals surface area (Å²) in [7, 11) is -3.33. The van der Waals surface area contributed by atoms with Crippen LogP contribution >= 0.6 is 11.3 Å². The van der Waals surface area contributed by atoms with Crippen LogP contribution in [0.4, 0.5) is 0 Å². The van der Waals surface area contributed by atoms with Crippen LogP contribution in [0.2, 0.25) is 0 Å². The van der Waals surface area contributed by atoms with E-state index in [4.69, 9.17) is 0 Å². The van der Waals surface area contributed by atoms with Crippen LogP contribution in [0.1, 0.15) is 29.2 Å². The Morgan fingerprint density at radius 1 is 1.12 bits per heavy atom. The van der Waals surface area contributed by atoms with Gasteiger partial charge in [0.05, 0.1) is 0 Å². The number of sulfonamides is 1. The highest BCUT2D eigenvalue weighted by Gasteiger charge is 2.31. The maximum absolute atomic E-state index is 12.7. The molecule has 1 aromatic carbocycles. The standard InChI is InChI=1S/C18H20N2O2S2/c1-13-6-7-18(23-13)24(21,22)20-10-8-14(9-11-20)16-12-19-17-5-3-2-4-15(16)17/h2-7,12,14,19H,8-11H2,1H3. The number of thiophene rings is 1. The quantitative estimate of drug-likeness (QED) is 0.764. The second-order valence-corrected chi connectivity index (χ2v) is 9.79. The molecule has 0 saturated carbocycles. The van der Waals surface area contributed by atoms with Crippen LogP contribution < -0.4 is 0 Å². The number of rotatable bonds is 3. The first-order chi connectivity index (χ1) is 11.6. The van der Waals surface area contributed by atoms with Gasteiger partial charge in [-0.1, -0.05) is 18.2 Å². The van der Waals surface area contributed by atoms with Gasteiger partial charge in [-0.3, -0.25) is 0 Å². The van der Waals surface area contributed by atoms with Crippen LogP contribution in [-0.2, 0) is 10.0 Å². The SMILES string of the molecule is Cc1ccc(S(=O)(=O)N2CCC(c3c[nH]c4ccccc34)CC2)s1. The Bertz CT molecular complexity index is 964. The average Bonchev–Trinajstić information content (AvgIpc) is 3.21. The van der Waals surface area contributed by atoms with Gasteiger partial charge in [-0.25, -0.2) is 8.42 Å². The summed E-state index contributed by atoms with van der Waals surface area (Å²) >= 11 is 1.35. The van der Waals surface area contributed by atoms with E-state index in [-0.39, 0.29) is 0 Å². The molecule has 3 aromatic rings. The first-order valence-corrected chi connectivity index (χ1v) is 10.4. The zero-order valence-electron chi connectivity index (χ0n) is 13.5. The molecule has 0 aliphatic carbocycles. The minimum atomic E-state index is -3.33. The number of aromatic nitrogens is 1. The first-order valence-electron chi connectivity index (χ1n) is 8.18. The van der Waals surface area contributed by atoms with Crippen molar-refractivity contribution in [1.29, 1.82) is 0 Å². The second kappa shape index (κ2) is 6.02. The number of aromatic amines is 1. The van der Waals surface area contributed by atoms with Gasteiger partial charge in [0, 0.05) is 35.1 Å².